The Labute approximate surface area is 712 Å². The van der Waals surface area contributed by atoms with E-state index in [4.69, 9.17) is 10.00 Å². The van der Waals surface area contributed by atoms with E-state index in [1.165, 1.54) is 123 Å². The van der Waals surface area contributed by atoms with Gasteiger partial charge in [-0.05, 0) is 235 Å². The second-order valence-electron chi connectivity index (χ2n) is 40.6. The van der Waals surface area contributed by atoms with Crippen molar-refractivity contribution in [1.82, 2.24) is 8.61 Å². The summed E-state index contributed by atoms with van der Waals surface area (Å²) in [5.74, 6) is 8.17. The number of sulfone groups is 1. The van der Waals surface area contributed by atoms with E-state index in [0.29, 0.717) is 62.5 Å². The third-order valence-electron chi connectivity index (χ3n) is 26.2. The van der Waals surface area contributed by atoms with Crippen molar-refractivity contribution in [3.05, 3.63) is 70.8 Å². The first-order chi connectivity index (χ1) is 50.4. The zero-order valence-corrected chi connectivity index (χ0v) is 84.2. The van der Waals surface area contributed by atoms with Crippen LogP contribution in [-0.4, -0.2) is 95.3 Å². The third kappa shape index (κ3) is 53.8. The first-order valence-electron chi connectivity index (χ1n) is 44.7. The highest BCUT2D eigenvalue weighted by Crippen LogP contribution is 2.45. The summed E-state index contributed by atoms with van der Waals surface area (Å²) in [7, 11) is -6.99. The average molecular weight is 1650 g/mol. The van der Waals surface area contributed by atoms with E-state index >= 15 is 0 Å². The number of benzene rings is 2. The third-order valence-corrected chi connectivity index (χ3v) is 32.6. The Kier molecular flexibility index (Phi) is 66.0. The van der Waals surface area contributed by atoms with E-state index < -0.39 is 29.9 Å². The molecule has 10 nitrogen and oxygen atoms in total. The number of ether oxygens (including phenoxy) is 1. The number of nitrogens with zero attached hydrogens (tertiary/aromatic N) is 3. The molecule has 0 radical (unpaired) electrons. The van der Waals surface area contributed by atoms with Crippen molar-refractivity contribution in [3.63, 3.8) is 0 Å². The van der Waals surface area contributed by atoms with Crippen molar-refractivity contribution >= 4 is 29.9 Å². The largest absolute Gasteiger partial charge is 0.381 e. The minimum atomic E-state index is -2.97. The molecule has 2 aromatic rings. The van der Waals surface area contributed by atoms with E-state index in [1.54, 1.807) is 25.2 Å². The maximum Gasteiger partial charge on any atom is 0.214 e. The van der Waals surface area contributed by atoms with Crippen LogP contribution in [0.4, 0.5) is 0 Å². The van der Waals surface area contributed by atoms with Crippen LogP contribution in [0.2, 0.25) is 0 Å². The maximum atomic E-state index is 11.3. The van der Waals surface area contributed by atoms with Gasteiger partial charge in [0.05, 0.1) is 41.8 Å². The molecule has 0 bridgehead atoms. The molecule has 13 heteroatoms. The van der Waals surface area contributed by atoms with Gasteiger partial charge in [0.25, 0.3) is 0 Å². The molecule has 6 aliphatic rings. The van der Waals surface area contributed by atoms with Crippen molar-refractivity contribution in [2.45, 2.75) is 442 Å². The lowest BCUT2D eigenvalue weighted by Crippen LogP contribution is -2.42. The second-order valence-corrected chi connectivity index (χ2v) is 47.5. The molecule has 0 aromatic heterocycles. The monoisotopic (exact) mass is 1650 g/mol. The molecule has 4 aliphatic carbocycles. The highest BCUT2D eigenvalue weighted by atomic mass is 32.2. The van der Waals surface area contributed by atoms with Crippen molar-refractivity contribution in [2.75, 3.05) is 38.8 Å². The number of aryl methyl sites for hydroxylation is 2. The number of rotatable bonds is 13. The van der Waals surface area contributed by atoms with E-state index in [1.807, 2.05) is 62.3 Å². The minimum absolute atomic E-state index is 0. The lowest BCUT2D eigenvalue weighted by Gasteiger charge is -2.42. The summed E-state index contributed by atoms with van der Waals surface area (Å²) >= 11 is 0. The highest BCUT2D eigenvalue weighted by molar-refractivity contribution is 7.92. The molecular weight excluding hydrogens is 1450 g/mol. The first kappa shape index (κ1) is 124. The second kappa shape index (κ2) is 60.2. The Hall–Kier alpha value is -2.34. The summed E-state index contributed by atoms with van der Waals surface area (Å²) in [5.41, 5.74) is 9.24. The average Bonchev–Trinajstić information content (AvgIpc) is 1.75. The van der Waals surface area contributed by atoms with Crippen LogP contribution in [0.1, 0.15) is 428 Å². The van der Waals surface area contributed by atoms with Gasteiger partial charge >= 0.3 is 0 Å². The molecule has 8 rings (SSSR count). The molecule has 0 spiro atoms. The van der Waals surface area contributed by atoms with Crippen LogP contribution in [0.15, 0.2) is 48.5 Å². The fourth-order valence-electron chi connectivity index (χ4n) is 11.9. The highest BCUT2D eigenvalue weighted by Gasteiger charge is 2.39. The fourth-order valence-corrected chi connectivity index (χ4v) is 16.1. The van der Waals surface area contributed by atoms with Gasteiger partial charge < -0.3 is 4.74 Å². The molecule has 2 heterocycles. The summed E-state index contributed by atoms with van der Waals surface area (Å²) in [6.07, 6.45) is 25.3. The number of hydrogen-bond donors (Lipinski definition) is 0. The normalized spacial score (nSPS) is 17.9. The van der Waals surface area contributed by atoms with E-state index in [9.17, 15) is 25.3 Å². The van der Waals surface area contributed by atoms with E-state index in [0.717, 1.165) is 80.3 Å². The summed E-state index contributed by atoms with van der Waals surface area (Å²) in [5, 5.41) is 8.09. The van der Waals surface area contributed by atoms with Crippen LogP contribution in [0.5, 0.6) is 0 Å². The molecule has 1 atom stereocenters. The zero-order chi connectivity index (χ0) is 88.3. The van der Waals surface area contributed by atoms with Gasteiger partial charge in [-0.1, -0.05) is 329 Å². The van der Waals surface area contributed by atoms with Crippen molar-refractivity contribution < 1.29 is 30.0 Å². The van der Waals surface area contributed by atoms with Gasteiger partial charge in [0.2, 0.25) is 20.0 Å². The lowest BCUT2D eigenvalue weighted by molar-refractivity contribution is -0.102. The Bertz CT molecular complexity index is 2900. The van der Waals surface area contributed by atoms with Gasteiger partial charge in [-0.25, -0.2) is 29.6 Å². The quantitative estimate of drug-likeness (QED) is 0.193. The molecule has 113 heavy (non-hydrogen) atoms. The van der Waals surface area contributed by atoms with Crippen molar-refractivity contribution in [3.8, 4) is 6.07 Å². The van der Waals surface area contributed by atoms with Crippen LogP contribution >= 0.6 is 0 Å². The maximum absolute atomic E-state index is 11.3. The summed E-state index contributed by atoms with van der Waals surface area (Å²) in [4.78, 5) is 0. The van der Waals surface area contributed by atoms with E-state index in [2.05, 4.69) is 255 Å². The molecule has 2 saturated heterocycles. The first-order valence-corrected chi connectivity index (χ1v) is 49.7. The van der Waals surface area contributed by atoms with Crippen molar-refractivity contribution in [2.24, 2.45) is 85.8 Å². The van der Waals surface area contributed by atoms with Gasteiger partial charge in [0.15, 0.2) is 9.84 Å². The minimum Gasteiger partial charge on any atom is -0.381 e. The predicted molar refractivity (Wildman–Crippen MR) is 510 cm³/mol. The fraction of sp³-hybridized carbons (Fsp3) is 0.870. The Morgan fingerprint density at radius 1 is 0.504 bits per heavy atom. The van der Waals surface area contributed by atoms with Crippen LogP contribution in [0.3, 0.4) is 0 Å². The van der Waals surface area contributed by atoms with E-state index in [-0.39, 0.29) is 43.4 Å². The molecule has 676 valence electrons. The predicted octanol–water partition coefficient (Wildman–Crippen LogP) is 30.6. The van der Waals surface area contributed by atoms with Crippen molar-refractivity contribution in [1.29, 1.82) is 5.26 Å². The molecule has 0 N–H and O–H groups in total. The smallest absolute Gasteiger partial charge is 0.214 e. The molecular formula is C100H201N3O7S3. The molecule has 0 amide bonds. The van der Waals surface area contributed by atoms with Gasteiger partial charge in [0, 0.05) is 37.5 Å². The van der Waals surface area contributed by atoms with Gasteiger partial charge in [0.1, 0.15) is 0 Å². The summed E-state index contributed by atoms with van der Waals surface area (Å²) in [6.45, 7) is 90.3. The van der Waals surface area contributed by atoms with Gasteiger partial charge in [-0.15, -0.1) is 0 Å². The van der Waals surface area contributed by atoms with Gasteiger partial charge in [-0.3, -0.25) is 0 Å². The molecule has 1 unspecified atom stereocenters. The van der Waals surface area contributed by atoms with Crippen LogP contribution < -0.4 is 0 Å². The van der Waals surface area contributed by atoms with Gasteiger partial charge in [-0.2, -0.15) is 9.57 Å². The Morgan fingerprint density at radius 2 is 0.805 bits per heavy atom. The number of nitriles is 1. The zero-order valence-electron chi connectivity index (χ0n) is 81.8. The standard InChI is InChI=1S/2C10H20.2C10H14.C9H18O.C9H18.C7H15NO2S.2C7H16.C6H11N.C6H12O2S.C5H13NO2S.C2H6.2CH4/c2*1-9(2)10(3)7-5-4-6-8-10;2*1-8(2)10-7-5-4-6-9(10)3;1-7(2)9(3,4)8-5-10-6-8;1-8(2)9(3)6-4-5-7-9;1-7(2)8-5-3-4-6-11(8,9)10;2*1-6(2)7(3,4)5;1-5(2)6(3)4-7;1-5(2)9(7,8)6-3-4-6;1-5(2)6(3)9(4,7)8;1-2;;/h2*9H,4-8H2,1-3H3;2*4-8H,1-3H3;7-8H,5-6H2,1-4H3;8H,4-7H2,1-3H3;7H,3-6H2,1-2H3;2*6H,1-5H3;5-6H,1-3H3;5-6H,3-4H2,1-2H3;5H,1-4H3;1-2H3;2*1H4. The summed E-state index contributed by atoms with van der Waals surface area (Å²) < 4.78 is 74.4. The van der Waals surface area contributed by atoms with Crippen LogP contribution in [-0.2, 0) is 34.6 Å². The topological polar surface area (TPSA) is 142 Å². The molecule has 2 aliphatic heterocycles. The van der Waals surface area contributed by atoms with Crippen LogP contribution in [0.25, 0.3) is 0 Å². The Balaban J connectivity index is -0.000000217. The number of hydrogen-bond acceptors (Lipinski definition) is 8. The van der Waals surface area contributed by atoms with Crippen LogP contribution in [0, 0.1) is 111 Å². The lowest BCUT2D eigenvalue weighted by atomic mass is 9.69. The SMILES string of the molecule is C.C.CC.CC(C)C(C)(C)C.CC(C)C(C)(C)C.CC(C)C(C)(C)C1COC1.CC(C)C(C)C#N.CC(C)C1(C)CCCC1.CC(C)C1(C)CCCCC1.CC(C)C1(C)CCCCC1.CC(C)N(C)S(C)(=O)=O.CC(C)N1CCCCS1(=O)=O.CC(C)S(=O)(=O)C1CC1.Cc1ccccc1C(C)C.Cc1ccccc1C(C)C. The molecule has 4 saturated carbocycles. The molecule has 6 fully saturated rings. The molecule has 2 aromatic carbocycles. The Morgan fingerprint density at radius 3 is 0.929 bits per heavy atom. The summed E-state index contributed by atoms with van der Waals surface area (Å²) in [6, 6.07) is 19.4. The number of sulfonamides is 2.